The Balaban J connectivity index is 0. The Labute approximate surface area is 26.5 Å². The average Bonchev–Trinajstić information content (AvgIpc) is 0. The van der Waals surface area contributed by atoms with Gasteiger partial charge in [-0.3, -0.25) is 0 Å². The Hall–Kier alpha value is -0.120. The average molecular weight is 58.0 g/mol. The summed E-state index contributed by atoms with van der Waals surface area (Å²) in [6.07, 6.45) is 0. The molecule has 0 heterocycles. The summed E-state index contributed by atoms with van der Waals surface area (Å²) < 4.78 is 0. The molecule has 3 heteroatoms. The second kappa shape index (κ2) is 707. The summed E-state index contributed by atoms with van der Waals surface area (Å²) >= 11 is 0. The first-order chi connectivity index (χ1) is 0. The van der Waals surface area contributed by atoms with Gasteiger partial charge in [-0.2, -0.15) is 0 Å². The minimum absolute atomic E-state index is 0. The maximum Gasteiger partial charge on any atom is 0 e. The number of hydrogen-bond donors (Lipinski definition) is 0. The van der Waals surface area contributed by atoms with Crippen molar-refractivity contribution in [3.8, 4) is 0 Å². The van der Waals surface area contributed by atoms with Gasteiger partial charge in [0.15, 0.2) is 0 Å². The molecule has 0 unspecified atom stereocenters. The molecular weight excluding hydrogens is 56.0 g/mol. The highest BCUT2D eigenvalue weighted by molar-refractivity contribution is 3.24. The van der Waals surface area contributed by atoms with Crippen LogP contribution in [0.15, 0.2) is 0 Å². The fourth-order valence-corrected chi connectivity index (χ4v) is 0. The molecule has 0 atom stereocenters. The number of hydrogen-bond acceptors (Lipinski definition) is 0. The molecule has 2 N–H and O–H groups in total. The zero-order valence-corrected chi connectivity index (χ0v) is 1.89. The lowest BCUT2D eigenvalue weighted by atomic mass is 12.0. The van der Waals surface area contributed by atoms with E-state index in [1.165, 1.54) is 0 Å². The van der Waals surface area contributed by atoms with Crippen molar-refractivity contribution in [1.29, 1.82) is 0 Å². The molecule has 0 aliphatic rings. The third kappa shape index (κ3) is 101. The predicted octanol–water partition coefficient (Wildman–Crippen LogP) is -1.70. The fraction of sp³-hybridized carbons (Fsp3) is 0. The summed E-state index contributed by atoms with van der Waals surface area (Å²) in [5.41, 5.74) is 0. The van der Waals surface area contributed by atoms with Gasteiger partial charge in [-0.15, -0.1) is 0 Å². The molecule has 0 aromatic carbocycles. The van der Waals surface area contributed by atoms with Crippen molar-refractivity contribution in [3.05, 3.63) is 7.43 Å². The van der Waals surface area contributed by atoms with Gasteiger partial charge in [-0.1, -0.05) is 0 Å². The maximum atomic E-state index is 0. The molecule has 0 aliphatic heterocycles. The van der Waals surface area contributed by atoms with E-state index in [4.69, 9.17) is 0 Å². The fourth-order valence-electron chi connectivity index (χ4n) is 0. The molecule has 4 heavy (non-hydrogen) atoms. The molecule has 22 valence electrons. The van der Waals surface area contributed by atoms with Gasteiger partial charge in [0.05, 0.1) is 0 Å². The van der Waals surface area contributed by atoms with E-state index in [0.29, 0.717) is 0 Å². The zero-order valence-electron chi connectivity index (χ0n) is 1.89. The largest absolute Gasteiger partial charge is 0.412 e. The summed E-state index contributed by atoms with van der Waals surface area (Å²) in [7, 11) is 0. The molecule has 0 bridgehead atoms. The van der Waals surface area contributed by atoms with Crippen molar-refractivity contribution in [2.24, 2.45) is 0 Å². The molecule has 0 saturated carbocycles. The van der Waals surface area contributed by atoms with Crippen molar-refractivity contribution in [2.45, 2.75) is 0 Å². The van der Waals surface area contributed by atoms with Crippen LogP contribution in [0.5, 0.6) is 0 Å². The van der Waals surface area contributed by atoms with Gasteiger partial charge in [-0.25, -0.2) is 0 Å². The Bertz CT molecular complexity index is 6.00. The minimum atomic E-state index is 0. The van der Waals surface area contributed by atoms with Gasteiger partial charge < -0.3 is 5.48 Å². The van der Waals surface area contributed by atoms with Crippen LogP contribution in [0.3, 0.4) is 0 Å². The van der Waals surface area contributed by atoms with Gasteiger partial charge in [0.1, 0.15) is 0 Å². The molecule has 0 aliphatic carbocycles. The Kier molecular flexibility index (Phi) is 395000. The molecule has 0 aromatic heterocycles. The van der Waals surface area contributed by atoms with Gasteiger partial charge in [0, 0.05) is 19.7 Å². The molecule has 0 fully saturated rings. The van der Waals surface area contributed by atoms with Crippen LogP contribution in [0.1, 0.15) is 0 Å². The third-order valence-electron chi connectivity index (χ3n) is 0. The Morgan fingerprint density at radius 1 is 0.750 bits per heavy atom. The molecule has 0 spiro atoms. The van der Waals surface area contributed by atoms with Crippen molar-refractivity contribution >= 4 is 0 Å². The van der Waals surface area contributed by atoms with E-state index < -0.39 is 0 Å². The smallest absolute Gasteiger partial charge is 0 e. The lowest BCUT2D eigenvalue weighted by molar-refractivity contribution is 0.824. The van der Waals surface area contributed by atoms with Crippen LogP contribution in [0.25, 0.3) is 0 Å². The summed E-state index contributed by atoms with van der Waals surface area (Å²) in [6, 6.07) is 0. The molecule has 0 aromatic rings. The summed E-state index contributed by atoms with van der Waals surface area (Å²) in [6.45, 7) is 0. The topological polar surface area (TPSA) is 92.5 Å². The molecule has 0 amide bonds. The third-order valence-corrected chi connectivity index (χ3v) is 0. The van der Waals surface area contributed by atoms with E-state index in [1.807, 2.05) is 0 Å². The lowest BCUT2D eigenvalue weighted by Crippen LogP contribution is -0.482. The highest BCUT2D eigenvalue weighted by Crippen LogP contribution is 0.0813. The van der Waals surface area contributed by atoms with Crippen LogP contribution >= 0.6 is 0 Å². The predicted molar refractivity (Wildman–Crippen MR) is 11.1 cm³/mol. The Morgan fingerprint density at radius 2 is 0.750 bits per heavy atom. The van der Waals surface area contributed by atoms with Crippen molar-refractivity contribution in [2.75, 3.05) is 0 Å². The van der Waals surface area contributed by atoms with Crippen LogP contribution < -0.4 is 12.3 Å². The van der Waals surface area contributed by atoms with Crippen LogP contribution in [0.4, 0.5) is 0 Å². The normalized spacial score (nSPS) is 0. The zero-order chi connectivity index (χ0) is 0. The molecular formula is CH2N2O. The summed E-state index contributed by atoms with van der Waals surface area (Å²) in [4.78, 5) is 0. The first kappa shape index (κ1) is 2230. The first-order valence-electron chi connectivity index (χ1n) is 0. The van der Waals surface area contributed by atoms with E-state index in [1.54, 1.807) is 0 Å². The van der Waals surface area contributed by atoms with E-state index in [-0.39, 0.29) is 25.2 Å². The summed E-state index contributed by atoms with van der Waals surface area (Å²) in [5, 5.41) is 0. The number of rotatable bonds is 0. The molecule has 0 rings (SSSR count). The van der Waals surface area contributed by atoms with Crippen LogP contribution in [-0.4, -0.2) is 5.48 Å². The lowest BCUT2D eigenvalue weighted by Gasteiger charge is -0.412. The second-order valence-corrected chi connectivity index (χ2v) is 0. The minimum Gasteiger partial charge on any atom is -0.412 e. The molecule has 3 nitrogen and oxygen atoms in total. The van der Waals surface area contributed by atoms with E-state index >= 15 is 0 Å². The standard InChI is InChI=1S/C.2N.H2O/h;;;1H2. The van der Waals surface area contributed by atoms with Gasteiger partial charge in [0.25, 0.3) is 0 Å². The van der Waals surface area contributed by atoms with Gasteiger partial charge >= 0.3 is 0 Å². The molecule has 0 saturated heterocycles. The van der Waals surface area contributed by atoms with Gasteiger partial charge in [0.2, 0.25) is 0 Å². The Morgan fingerprint density at radius 3 is 0.750 bits per heavy atom. The highest BCUT2D eigenvalue weighted by atomic mass is 16.0. The van der Waals surface area contributed by atoms with Crippen LogP contribution in [0, 0.1) is 7.43 Å². The first-order valence-corrected chi connectivity index (χ1v) is 0. The van der Waals surface area contributed by atoms with E-state index in [9.17, 15) is 0 Å². The number of nitrogens with zero attached hydrogens (tertiary/aromatic N) is 2. The van der Waals surface area contributed by atoms with Crippen molar-refractivity contribution in [3.63, 3.8) is 0 Å². The van der Waals surface area contributed by atoms with E-state index in [2.05, 4.69) is 0 Å². The highest BCUT2D eigenvalue weighted by Gasteiger charge is 0.00201. The molecule has 10 radical (unpaired) electrons. The second-order valence-electron chi connectivity index (χ2n) is 0. The van der Waals surface area contributed by atoms with Crippen molar-refractivity contribution < 1.29 is 5.48 Å². The van der Waals surface area contributed by atoms with E-state index in [0.717, 1.165) is 0 Å². The quantitative estimate of drug-likeness (QED) is 0.317. The SMILES string of the molecule is O.[C].[N].[N]. The summed E-state index contributed by atoms with van der Waals surface area (Å²) in [5.74, 6) is 0. The monoisotopic (exact) mass is 58.0 g/mol. The van der Waals surface area contributed by atoms with Crippen LogP contribution in [0.2, 0.25) is 0 Å². The van der Waals surface area contributed by atoms with Crippen molar-refractivity contribution in [1.82, 2.24) is 12.3 Å². The van der Waals surface area contributed by atoms with Crippen LogP contribution in [-0.2, 0) is 0 Å². The maximum absolute atomic E-state index is 0. The van der Waals surface area contributed by atoms with Gasteiger partial charge in [-0.05, 0) is 0 Å².